The summed E-state index contributed by atoms with van der Waals surface area (Å²) in [5.41, 5.74) is -0.522. The van der Waals surface area contributed by atoms with Crippen LogP contribution in [0.15, 0.2) is 18.2 Å². The van der Waals surface area contributed by atoms with Crippen LogP contribution in [-0.4, -0.2) is 55.0 Å². The van der Waals surface area contributed by atoms with Gasteiger partial charge in [-0.25, -0.2) is 12.8 Å². The van der Waals surface area contributed by atoms with Gasteiger partial charge in [-0.1, -0.05) is 26.2 Å². The molecule has 3 rings (SSSR count). The van der Waals surface area contributed by atoms with Crippen LogP contribution in [0.3, 0.4) is 0 Å². The summed E-state index contributed by atoms with van der Waals surface area (Å²) in [5.74, 6) is -1.41. The summed E-state index contributed by atoms with van der Waals surface area (Å²) in [5, 5.41) is 3.06. The second-order valence-corrected chi connectivity index (χ2v) is 10.9. The molecule has 1 aromatic rings. The highest BCUT2D eigenvalue weighted by Gasteiger charge is 2.51. The van der Waals surface area contributed by atoms with Gasteiger partial charge in [-0.3, -0.25) is 14.5 Å². The number of halogens is 1. The minimum absolute atomic E-state index is 0.00645. The van der Waals surface area contributed by atoms with E-state index in [-0.39, 0.29) is 30.8 Å². The predicted octanol–water partition coefficient (Wildman–Crippen LogP) is 2.73. The van der Waals surface area contributed by atoms with Gasteiger partial charge >= 0.3 is 0 Å². The highest BCUT2D eigenvalue weighted by atomic mass is 32.2. The topological polar surface area (TPSA) is 86.8 Å². The number of benzene rings is 1. The van der Waals surface area contributed by atoms with Crippen LogP contribution in [0.4, 0.5) is 10.1 Å². The minimum atomic E-state index is -3.68. The van der Waals surface area contributed by atoms with E-state index < -0.39 is 27.3 Å². The molecule has 2 amide bonds. The molecular formula is C22H32FN3O4S. The molecule has 172 valence electrons. The third-order valence-corrected chi connectivity index (χ3v) is 8.19. The number of nitrogens with zero attached hydrogens (tertiary/aromatic N) is 2. The minimum Gasteiger partial charge on any atom is -0.351 e. The lowest BCUT2D eigenvalue weighted by Gasteiger charge is -2.47. The van der Waals surface area contributed by atoms with Crippen molar-refractivity contribution in [3.8, 4) is 0 Å². The molecule has 0 radical (unpaired) electrons. The molecule has 0 bridgehead atoms. The maximum Gasteiger partial charge on any atom is 0.247 e. The number of hydrogen-bond acceptors (Lipinski definition) is 4. The molecule has 1 saturated heterocycles. The first-order valence-electron chi connectivity index (χ1n) is 11.0. The molecule has 9 heteroatoms. The van der Waals surface area contributed by atoms with Crippen molar-refractivity contribution in [3.63, 3.8) is 0 Å². The molecule has 1 aromatic carbocycles. The molecule has 0 unspecified atom stereocenters. The summed E-state index contributed by atoms with van der Waals surface area (Å²) in [7, 11) is -3.68. The van der Waals surface area contributed by atoms with Crippen molar-refractivity contribution in [2.75, 3.05) is 23.7 Å². The molecule has 0 aromatic heterocycles. The van der Waals surface area contributed by atoms with E-state index in [1.165, 1.54) is 23.1 Å². The fourth-order valence-electron chi connectivity index (χ4n) is 4.58. The number of anilines is 1. The number of carbonyl (C=O) groups is 2. The number of carbonyl (C=O) groups excluding carboxylic acids is 2. The van der Waals surface area contributed by atoms with E-state index in [9.17, 15) is 22.4 Å². The van der Waals surface area contributed by atoms with Gasteiger partial charge in [0.15, 0.2) is 0 Å². The van der Waals surface area contributed by atoms with Crippen LogP contribution < -0.4 is 10.2 Å². The third-order valence-electron chi connectivity index (χ3n) is 6.22. The predicted molar refractivity (Wildman–Crippen MR) is 118 cm³/mol. The lowest BCUT2D eigenvalue weighted by atomic mass is 9.91. The van der Waals surface area contributed by atoms with Crippen molar-refractivity contribution in [3.05, 3.63) is 29.6 Å². The quantitative estimate of drug-likeness (QED) is 0.718. The van der Waals surface area contributed by atoms with Crippen molar-refractivity contribution in [2.24, 2.45) is 0 Å². The Labute approximate surface area is 184 Å². The highest BCUT2D eigenvalue weighted by molar-refractivity contribution is 7.89. The number of nitrogens with one attached hydrogen (secondary N) is 1. The highest BCUT2D eigenvalue weighted by Crippen LogP contribution is 2.34. The number of amides is 2. The van der Waals surface area contributed by atoms with Gasteiger partial charge in [0.1, 0.15) is 11.4 Å². The Morgan fingerprint density at radius 3 is 2.55 bits per heavy atom. The van der Waals surface area contributed by atoms with Crippen molar-refractivity contribution in [1.82, 2.24) is 9.62 Å². The van der Waals surface area contributed by atoms with E-state index in [0.717, 1.165) is 36.4 Å². The van der Waals surface area contributed by atoms with Gasteiger partial charge in [0.05, 0.1) is 12.3 Å². The lowest BCUT2D eigenvalue weighted by Crippen LogP contribution is -2.71. The number of hydrogen-bond donors (Lipinski definition) is 1. The first-order chi connectivity index (χ1) is 14.6. The Hall–Kier alpha value is -2.00. The molecular weight excluding hydrogens is 421 g/mol. The second kappa shape index (κ2) is 9.24. The van der Waals surface area contributed by atoms with Crippen LogP contribution in [0.25, 0.3) is 0 Å². The van der Waals surface area contributed by atoms with E-state index >= 15 is 0 Å². The fraction of sp³-hybridized carbons (Fsp3) is 0.636. The molecule has 0 spiro atoms. The van der Waals surface area contributed by atoms with Crippen molar-refractivity contribution < 1.29 is 22.4 Å². The monoisotopic (exact) mass is 453 g/mol. The molecule has 7 nitrogen and oxygen atoms in total. The molecule has 1 aliphatic carbocycles. The zero-order chi connectivity index (χ0) is 22.8. The van der Waals surface area contributed by atoms with E-state index in [1.807, 2.05) is 0 Å². The van der Waals surface area contributed by atoms with Gasteiger partial charge in [-0.15, -0.1) is 0 Å². The van der Waals surface area contributed by atoms with Gasteiger partial charge in [0, 0.05) is 18.3 Å². The summed E-state index contributed by atoms with van der Waals surface area (Å²) in [6.07, 6.45) is 5.33. The van der Waals surface area contributed by atoms with E-state index in [4.69, 9.17) is 0 Å². The zero-order valence-corrected chi connectivity index (χ0v) is 19.3. The number of rotatable bonds is 6. The summed E-state index contributed by atoms with van der Waals surface area (Å²) in [6.45, 7) is 4.54. The maximum absolute atomic E-state index is 13.7. The van der Waals surface area contributed by atoms with Gasteiger partial charge in [0.2, 0.25) is 21.8 Å². The third kappa shape index (κ3) is 4.92. The molecule has 2 fully saturated rings. The average Bonchev–Trinajstić information content (AvgIpc) is 2.69. The van der Waals surface area contributed by atoms with Gasteiger partial charge in [0.25, 0.3) is 0 Å². The van der Waals surface area contributed by atoms with Crippen LogP contribution in [0.2, 0.25) is 0 Å². The Bertz CT molecular complexity index is 946. The Morgan fingerprint density at radius 2 is 1.94 bits per heavy atom. The molecule has 31 heavy (non-hydrogen) atoms. The molecule has 1 atom stereocenters. The van der Waals surface area contributed by atoms with Gasteiger partial charge in [-0.05, 0) is 56.9 Å². The van der Waals surface area contributed by atoms with E-state index in [2.05, 4.69) is 5.32 Å². The van der Waals surface area contributed by atoms with Crippen LogP contribution in [0, 0.1) is 12.7 Å². The Balaban J connectivity index is 2.01. The van der Waals surface area contributed by atoms with Gasteiger partial charge in [-0.2, -0.15) is 4.31 Å². The zero-order valence-electron chi connectivity index (χ0n) is 18.5. The SMILES string of the molecule is CCCS(=O)(=O)N1CC(=O)N(c2ccc(F)cc2C)[C@@](C)(C(=O)NC2CCCCC2)C1. The van der Waals surface area contributed by atoms with Crippen LogP contribution in [-0.2, 0) is 19.6 Å². The first-order valence-corrected chi connectivity index (χ1v) is 12.6. The van der Waals surface area contributed by atoms with Gasteiger partial charge < -0.3 is 5.32 Å². The van der Waals surface area contributed by atoms with Crippen molar-refractivity contribution >= 4 is 27.5 Å². The molecule has 1 N–H and O–H groups in total. The maximum atomic E-state index is 13.7. The standard InChI is InChI=1S/C22H32FN3O4S/c1-4-12-31(29,30)25-14-20(27)26(19-11-10-17(23)13-16(19)2)22(3,15-25)21(28)24-18-8-6-5-7-9-18/h10-11,13,18H,4-9,12,14-15H2,1-3H3,(H,24,28)/t22-/m1/s1. The van der Waals surface area contributed by atoms with Crippen LogP contribution in [0.5, 0.6) is 0 Å². The lowest BCUT2D eigenvalue weighted by molar-refractivity contribution is -0.133. The molecule has 2 aliphatic rings. The van der Waals surface area contributed by atoms with Crippen molar-refractivity contribution in [2.45, 2.75) is 70.9 Å². The van der Waals surface area contributed by atoms with E-state index in [0.29, 0.717) is 17.7 Å². The normalized spacial score (nSPS) is 23.7. The fourth-order valence-corrected chi connectivity index (χ4v) is 6.11. The van der Waals surface area contributed by atoms with E-state index in [1.54, 1.807) is 20.8 Å². The Kier molecular flexibility index (Phi) is 7.05. The molecule has 1 heterocycles. The Morgan fingerprint density at radius 1 is 1.26 bits per heavy atom. The number of piperazine rings is 1. The molecule has 1 saturated carbocycles. The van der Waals surface area contributed by atoms with Crippen LogP contribution in [0.1, 0.15) is 57.9 Å². The smallest absolute Gasteiger partial charge is 0.247 e. The number of aryl methyl sites for hydroxylation is 1. The summed E-state index contributed by atoms with van der Waals surface area (Å²) < 4.78 is 40.3. The largest absolute Gasteiger partial charge is 0.351 e. The van der Waals surface area contributed by atoms with Crippen molar-refractivity contribution in [1.29, 1.82) is 0 Å². The summed E-state index contributed by atoms with van der Waals surface area (Å²) in [6, 6.07) is 4.04. The first kappa shape index (κ1) is 23.7. The number of sulfonamides is 1. The van der Waals surface area contributed by atoms with Crippen LogP contribution >= 0.6 is 0 Å². The summed E-state index contributed by atoms with van der Waals surface area (Å²) >= 11 is 0. The average molecular weight is 454 g/mol. The summed E-state index contributed by atoms with van der Waals surface area (Å²) in [4.78, 5) is 28.1. The second-order valence-electron chi connectivity index (χ2n) is 8.83. The molecule has 1 aliphatic heterocycles.